The molecule has 0 radical (unpaired) electrons. The van der Waals surface area contributed by atoms with Crippen molar-refractivity contribution >= 4 is 11.9 Å². The number of nitrogens with one attached hydrogen (secondary N) is 2. The summed E-state index contributed by atoms with van der Waals surface area (Å²) < 4.78 is 10.2. The van der Waals surface area contributed by atoms with E-state index in [0.717, 1.165) is 31.9 Å². The average molecular weight is 391 g/mol. The molecule has 2 unspecified atom stereocenters. The Morgan fingerprint density at radius 2 is 2.00 bits per heavy atom. The summed E-state index contributed by atoms with van der Waals surface area (Å²) in [5, 5.41) is 6.71. The molecule has 2 atom stereocenters. The highest BCUT2D eigenvalue weighted by Crippen LogP contribution is 2.27. The lowest BCUT2D eigenvalue weighted by Crippen LogP contribution is -2.43. The topological polar surface area (TPSA) is 75.2 Å². The van der Waals surface area contributed by atoms with E-state index in [1.54, 1.807) is 7.11 Å². The van der Waals surface area contributed by atoms with Gasteiger partial charge < -0.3 is 20.1 Å². The molecule has 1 aromatic rings. The minimum Gasteiger partial charge on any atom is -0.497 e. The van der Waals surface area contributed by atoms with Crippen molar-refractivity contribution in [3.63, 3.8) is 0 Å². The van der Waals surface area contributed by atoms with Crippen molar-refractivity contribution in [3.8, 4) is 5.75 Å². The fourth-order valence-corrected chi connectivity index (χ4v) is 3.40. The third-order valence-corrected chi connectivity index (χ3v) is 4.99. The summed E-state index contributed by atoms with van der Waals surface area (Å²) in [7, 11) is 3.10. The SMILES string of the molecule is CCNC(=NCC(C)C(=O)OC)NCC(c1cccc(OC)c1)N1CCCC1. The van der Waals surface area contributed by atoms with Crippen molar-refractivity contribution in [1.29, 1.82) is 0 Å². The van der Waals surface area contributed by atoms with E-state index in [4.69, 9.17) is 9.47 Å². The number of hydrogen-bond acceptors (Lipinski definition) is 5. The van der Waals surface area contributed by atoms with E-state index in [0.29, 0.717) is 12.5 Å². The predicted octanol–water partition coefficient (Wildman–Crippen LogP) is 2.20. The predicted molar refractivity (Wildman–Crippen MR) is 112 cm³/mol. The van der Waals surface area contributed by atoms with E-state index in [1.807, 2.05) is 26.0 Å². The van der Waals surface area contributed by atoms with Gasteiger partial charge in [-0.2, -0.15) is 0 Å². The first-order chi connectivity index (χ1) is 13.6. The van der Waals surface area contributed by atoms with Crippen molar-refractivity contribution in [2.24, 2.45) is 10.9 Å². The Bertz CT molecular complexity index is 644. The van der Waals surface area contributed by atoms with Gasteiger partial charge in [-0.3, -0.25) is 14.7 Å². The number of rotatable bonds is 9. The molecule has 0 amide bonds. The first-order valence-corrected chi connectivity index (χ1v) is 10.1. The minimum absolute atomic E-state index is 0.236. The maximum atomic E-state index is 11.6. The van der Waals surface area contributed by atoms with Gasteiger partial charge >= 0.3 is 5.97 Å². The summed E-state index contributed by atoms with van der Waals surface area (Å²) in [5.74, 6) is 1.07. The van der Waals surface area contributed by atoms with Gasteiger partial charge in [-0.1, -0.05) is 19.1 Å². The molecule has 7 nitrogen and oxygen atoms in total. The standard InChI is InChI=1S/C21H34N4O3/c1-5-22-21(23-14-16(2)20(26)28-4)24-15-19(25-11-6-7-12-25)17-9-8-10-18(13-17)27-3/h8-10,13,16,19H,5-7,11-12,14-15H2,1-4H3,(H2,22,23,24). The first kappa shape index (κ1) is 22.0. The number of esters is 1. The number of carbonyl (C=O) groups excluding carboxylic acids is 1. The lowest BCUT2D eigenvalue weighted by molar-refractivity contribution is -0.144. The summed E-state index contributed by atoms with van der Waals surface area (Å²) in [6, 6.07) is 8.50. The lowest BCUT2D eigenvalue weighted by atomic mass is 10.1. The first-order valence-electron chi connectivity index (χ1n) is 10.1. The van der Waals surface area contributed by atoms with Crippen LogP contribution in [0.25, 0.3) is 0 Å². The Morgan fingerprint density at radius 1 is 1.25 bits per heavy atom. The number of methoxy groups -OCH3 is 2. The molecular weight excluding hydrogens is 356 g/mol. The second kappa shape index (κ2) is 11.5. The molecule has 0 aromatic heterocycles. The lowest BCUT2D eigenvalue weighted by Gasteiger charge is -2.29. The van der Waals surface area contributed by atoms with Crippen LogP contribution >= 0.6 is 0 Å². The third kappa shape index (κ3) is 6.41. The number of benzene rings is 1. The van der Waals surface area contributed by atoms with Crippen LogP contribution in [0.5, 0.6) is 5.75 Å². The number of ether oxygens (including phenoxy) is 2. The van der Waals surface area contributed by atoms with Gasteiger partial charge in [0.25, 0.3) is 0 Å². The molecule has 0 spiro atoms. The molecule has 0 aliphatic carbocycles. The van der Waals surface area contributed by atoms with Gasteiger partial charge in [-0.15, -0.1) is 0 Å². The molecule has 1 saturated heterocycles. The molecule has 28 heavy (non-hydrogen) atoms. The Hall–Kier alpha value is -2.28. The van der Waals surface area contributed by atoms with Gasteiger partial charge in [0.1, 0.15) is 5.75 Å². The van der Waals surface area contributed by atoms with Gasteiger partial charge in [-0.25, -0.2) is 0 Å². The van der Waals surface area contributed by atoms with Crippen LogP contribution in [0.1, 0.15) is 38.3 Å². The van der Waals surface area contributed by atoms with Gasteiger partial charge in [0.05, 0.1) is 32.7 Å². The van der Waals surface area contributed by atoms with Crippen molar-refractivity contribution in [2.75, 3.05) is 46.9 Å². The van der Waals surface area contributed by atoms with E-state index in [9.17, 15) is 4.79 Å². The van der Waals surface area contributed by atoms with Gasteiger partial charge in [0, 0.05) is 13.1 Å². The smallest absolute Gasteiger partial charge is 0.310 e. The van der Waals surface area contributed by atoms with E-state index in [2.05, 4.69) is 32.7 Å². The molecule has 2 rings (SSSR count). The molecule has 1 aliphatic rings. The van der Waals surface area contributed by atoms with E-state index < -0.39 is 0 Å². The second-order valence-electron chi connectivity index (χ2n) is 7.06. The maximum Gasteiger partial charge on any atom is 0.310 e. The quantitative estimate of drug-likeness (QED) is 0.383. The number of carbonyl (C=O) groups is 1. The van der Waals surface area contributed by atoms with Gasteiger partial charge in [-0.05, 0) is 50.6 Å². The second-order valence-corrected chi connectivity index (χ2v) is 7.06. The molecule has 2 N–H and O–H groups in total. The van der Waals surface area contributed by atoms with Crippen LogP contribution in [0.2, 0.25) is 0 Å². The number of likely N-dealkylation sites (tertiary alicyclic amines) is 1. The Kier molecular flexibility index (Phi) is 9.07. The van der Waals surface area contributed by atoms with Crippen molar-refractivity contribution in [3.05, 3.63) is 29.8 Å². The van der Waals surface area contributed by atoms with E-state index >= 15 is 0 Å². The van der Waals surface area contributed by atoms with Crippen molar-refractivity contribution in [2.45, 2.75) is 32.7 Å². The monoisotopic (exact) mass is 390 g/mol. The number of guanidine groups is 1. The number of aliphatic imine (C=N–C) groups is 1. The fourth-order valence-electron chi connectivity index (χ4n) is 3.40. The highest BCUT2D eigenvalue weighted by molar-refractivity contribution is 5.80. The summed E-state index contributed by atoms with van der Waals surface area (Å²) in [6.45, 7) is 7.91. The van der Waals surface area contributed by atoms with Crippen LogP contribution in [0.15, 0.2) is 29.3 Å². The molecule has 7 heteroatoms. The molecule has 1 heterocycles. The summed E-state index contributed by atoms with van der Waals surface area (Å²) in [6.07, 6.45) is 2.45. The molecular formula is C21H34N4O3. The third-order valence-electron chi connectivity index (χ3n) is 4.99. The molecule has 156 valence electrons. The van der Waals surface area contributed by atoms with Crippen molar-refractivity contribution in [1.82, 2.24) is 15.5 Å². The van der Waals surface area contributed by atoms with Crippen LogP contribution in [-0.4, -0.2) is 63.8 Å². The Balaban J connectivity index is 2.09. The van der Waals surface area contributed by atoms with Gasteiger partial charge in [0.2, 0.25) is 0 Å². The molecule has 1 fully saturated rings. The average Bonchev–Trinajstić information content (AvgIpc) is 3.25. The highest BCUT2D eigenvalue weighted by Gasteiger charge is 2.24. The largest absolute Gasteiger partial charge is 0.497 e. The summed E-state index contributed by atoms with van der Waals surface area (Å²) in [4.78, 5) is 18.7. The van der Waals surface area contributed by atoms with Crippen LogP contribution in [0, 0.1) is 5.92 Å². The zero-order valence-electron chi connectivity index (χ0n) is 17.5. The minimum atomic E-state index is -0.270. The van der Waals surface area contributed by atoms with Crippen molar-refractivity contribution < 1.29 is 14.3 Å². The zero-order valence-corrected chi connectivity index (χ0v) is 17.5. The highest BCUT2D eigenvalue weighted by atomic mass is 16.5. The number of nitrogens with zero attached hydrogens (tertiary/aromatic N) is 2. The molecule has 1 aromatic carbocycles. The molecule has 0 saturated carbocycles. The fraction of sp³-hybridized carbons (Fsp3) is 0.619. The maximum absolute atomic E-state index is 11.6. The molecule has 0 bridgehead atoms. The van der Waals surface area contributed by atoms with Crippen LogP contribution in [0.3, 0.4) is 0 Å². The van der Waals surface area contributed by atoms with Crippen LogP contribution in [-0.2, 0) is 9.53 Å². The summed E-state index contributed by atoms with van der Waals surface area (Å²) >= 11 is 0. The van der Waals surface area contributed by atoms with Gasteiger partial charge in [0.15, 0.2) is 5.96 Å². The zero-order chi connectivity index (χ0) is 20.4. The van der Waals surface area contributed by atoms with E-state index in [1.165, 1.54) is 25.5 Å². The molecule has 1 aliphatic heterocycles. The van der Waals surface area contributed by atoms with E-state index in [-0.39, 0.29) is 17.9 Å². The Labute approximate surface area is 168 Å². The Morgan fingerprint density at radius 3 is 2.64 bits per heavy atom. The van der Waals surface area contributed by atoms with Crippen LogP contribution in [0.4, 0.5) is 0 Å². The normalized spacial score (nSPS) is 17.1. The van der Waals surface area contributed by atoms with Crippen LogP contribution < -0.4 is 15.4 Å². The number of hydrogen-bond donors (Lipinski definition) is 2. The summed E-state index contributed by atoms with van der Waals surface area (Å²) in [5.41, 5.74) is 1.23.